The van der Waals surface area contributed by atoms with Gasteiger partial charge in [-0.2, -0.15) is 13.2 Å². The summed E-state index contributed by atoms with van der Waals surface area (Å²) in [4.78, 5) is 41.2. The lowest BCUT2D eigenvalue weighted by Gasteiger charge is -2.19. The first-order chi connectivity index (χ1) is 16.1. The maximum Gasteiger partial charge on any atom is 0.416 e. The first-order valence-electron chi connectivity index (χ1n) is 9.75. The highest BCUT2D eigenvalue weighted by atomic mass is 35.5. The Morgan fingerprint density at radius 3 is 2.32 bits per heavy atom. The summed E-state index contributed by atoms with van der Waals surface area (Å²) in [5.74, 6) is -2.43. The predicted molar refractivity (Wildman–Crippen MR) is 117 cm³/mol. The van der Waals surface area contributed by atoms with E-state index in [4.69, 9.17) is 16.3 Å². The number of carbonyl (C=O) groups is 3. The minimum absolute atomic E-state index is 0.135. The van der Waals surface area contributed by atoms with Crippen LogP contribution >= 0.6 is 11.6 Å². The monoisotopic (exact) mass is 491 g/mol. The fraction of sp³-hybridized carbons (Fsp3) is 0.130. The molecule has 0 aliphatic heterocycles. The number of amides is 2. The summed E-state index contributed by atoms with van der Waals surface area (Å²) >= 11 is 5.95. The first kappa shape index (κ1) is 24.7. The second-order valence-electron chi connectivity index (χ2n) is 6.88. The van der Waals surface area contributed by atoms with E-state index in [1.54, 1.807) is 18.2 Å². The third-order valence-corrected chi connectivity index (χ3v) is 4.81. The normalized spacial score (nSPS) is 11.9. The van der Waals surface area contributed by atoms with Crippen molar-refractivity contribution in [3.63, 3.8) is 0 Å². The van der Waals surface area contributed by atoms with Crippen LogP contribution in [-0.2, 0) is 20.5 Å². The molecule has 0 aliphatic rings. The highest BCUT2D eigenvalue weighted by molar-refractivity contribution is 6.33. The molecular formula is C23H17ClF3N3O4. The van der Waals surface area contributed by atoms with Crippen LogP contribution in [0.1, 0.15) is 27.6 Å². The summed E-state index contributed by atoms with van der Waals surface area (Å²) in [7, 11) is 0. The molecule has 0 fully saturated rings. The maximum absolute atomic E-state index is 13.0. The quantitative estimate of drug-likeness (QED) is 0.477. The summed E-state index contributed by atoms with van der Waals surface area (Å²) in [6.45, 7) is -0.553. The number of nitrogens with one attached hydrogen (secondary N) is 2. The van der Waals surface area contributed by atoms with Crippen molar-refractivity contribution in [3.05, 3.63) is 94.8 Å². The largest absolute Gasteiger partial charge is 0.446 e. The average molecular weight is 492 g/mol. The first-order valence-corrected chi connectivity index (χ1v) is 10.1. The molecule has 1 unspecified atom stereocenters. The minimum atomic E-state index is -4.65. The number of hydrogen-bond acceptors (Lipinski definition) is 5. The Labute approximate surface area is 196 Å². The predicted octanol–water partition coefficient (Wildman–Crippen LogP) is 4.41. The van der Waals surface area contributed by atoms with Crippen LogP contribution in [0.3, 0.4) is 0 Å². The van der Waals surface area contributed by atoms with Crippen molar-refractivity contribution in [2.75, 3.05) is 11.9 Å². The molecule has 176 valence electrons. The van der Waals surface area contributed by atoms with Gasteiger partial charge in [-0.25, -0.2) is 0 Å². The van der Waals surface area contributed by atoms with Gasteiger partial charge < -0.3 is 15.4 Å². The Kier molecular flexibility index (Phi) is 7.85. The van der Waals surface area contributed by atoms with Gasteiger partial charge in [0, 0.05) is 23.5 Å². The number of pyridine rings is 1. The van der Waals surface area contributed by atoms with Crippen molar-refractivity contribution in [2.45, 2.75) is 12.3 Å². The molecule has 0 saturated carbocycles. The van der Waals surface area contributed by atoms with E-state index in [0.29, 0.717) is 6.07 Å². The lowest BCUT2D eigenvalue weighted by atomic mass is 10.1. The van der Waals surface area contributed by atoms with Crippen molar-refractivity contribution in [1.29, 1.82) is 0 Å². The molecule has 3 aromatic rings. The number of anilines is 1. The highest BCUT2D eigenvalue weighted by Gasteiger charge is 2.32. The average Bonchev–Trinajstić information content (AvgIpc) is 2.82. The fourth-order valence-electron chi connectivity index (χ4n) is 2.83. The van der Waals surface area contributed by atoms with Gasteiger partial charge in [0.15, 0.2) is 0 Å². The van der Waals surface area contributed by atoms with E-state index in [0.717, 1.165) is 12.1 Å². The minimum Gasteiger partial charge on any atom is -0.446 e. The summed E-state index contributed by atoms with van der Waals surface area (Å²) in [6.07, 6.45) is -3.36. The van der Waals surface area contributed by atoms with Gasteiger partial charge >= 0.3 is 12.1 Å². The number of hydrogen-bond donors (Lipinski definition) is 2. The van der Waals surface area contributed by atoms with Crippen molar-refractivity contribution in [1.82, 2.24) is 10.3 Å². The van der Waals surface area contributed by atoms with Crippen molar-refractivity contribution in [3.8, 4) is 0 Å². The van der Waals surface area contributed by atoms with Crippen LogP contribution in [0, 0.1) is 0 Å². The molecule has 3 rings (SSSR count). The molecule has 1 heterocycles. The van der Waals surface area contributed by atoms with E-state index in [9.17, 15) is 27.6 Å². The molecule has 0 aliphatic carbocycles. The lowest BCUT2D eigenvalue weighted by Crippen LogP contribution is -2.33. The van der Waals surface area contributed by atoms with Crippen LogP contribution in [0.25, 0.3) is 0 Å². The highest BCUT2D eigenvalue weighted by Crippen LogP contribution is 2.34. The summed E-state index contributed by atoms with van der Waals surface area (Å²) in [5, 5.41) is 4.50. The van der Waals surface area contributed by atoms with E-state index >= 15 is 0 Å². The Morgan fingerprint density at radius 2 is 1.68 bits per heavy atom. The van der Waals surface area contributed by atoms with Gasteiger partial charge in [0.25, 0.3) is 11.8 Å². The van der Waals surface area contributed by atoms with Gasteiger partial charge in [-0.3, -0.25) is 19.4 Å². The summed E-state index contributed by atoms with van der Waals surface area (Å²) in [6, 6.07) is 13.2. The third-order valence-electron chi connectivity index (χ3n) is 4.48. The summed E-state index contributed by atoms with van der Waals surface area (Å²) < 4.78 is 44.4. The molecule has 0 radical (unpaired) electrons. The van der Waals surface area contributed by atoms with Crippen LogP contribution < -0.4 is 10.6 Å². The number of rotatable bonds is 7. The zero-order valence-corrected chi connectivity index (χ0v) is 18.1. The number of halogens is 4. The van der Waals surface area contributed by atoms with Gasteiger partial charge in [0.1, 0.15) is 6.54 Å². The van der Waals surface area contributed by atoms with Gasteiger partial charge in [-0.05, 0) is 30.3 Å². The van der Waals surface area contributed by atoms with Crippen molar-refractivity contribution >= 4 is 35.1 Å². The van der Waals surface area contributed by atoms with Crippen molar-refractivity contribution < 1.29 is 32.3 Å². The second-order valence-corrected chi connectivity index (χ2v) is 7.29. The van der Waals surface area contributed by atoms with Crippen LogP contribution in [0.4, 0.5) is 18.9 Å². The molecular weight excluding hydrogens is 475 g/mol. The molecule has 2 aromatic carbocycles. The topological polar surface area (TPSA) is 97.4 Å². The van der Waals surface area contributed by atoms with E-state index in [-0.39, 0.29) is 21.8 Å². The molecule has 1 aromatic heterocycles. The number of alkyl halides is 3. The van der Waals surface area contributed by atoms with Crippen LogP contribution in [-0.4, -0.2) is 29.3 Å². The van der Waals surface area contributed by atoms with Crippen molar-refractivity contribution in [2.24, 2.45) is 0 Å². The van der Waals surface area contributed by atoms with Gasteiger partial charge in [0.05, 0.1) is 16.3 Å². The molecule has 34 heavy (non-hydrogen) atoms. The Bertz CT molecular complexity index is 1180. The lowest BCUT2D eigenvalue weighted by molar-refractivity contribution is -0.153. The van der Waals surface area contributed by atoms with Gasteiger partial charge in [-0.15, -0.1) is 0 Å². The maximum atomic E-state index is 13.0. The zero-order valence-electron chi connectivity index (χ0n) is 17.3. The number of nitrogens with zero attached hydrogens (tertiary/aromatic N) is 1. The molecule has 0 spiro atoms. The van der Waals surface area contributed by atoms with Gasteiger partial charge in [0.2, 0.25) is 6.10 Å². The van der Waals surface area contributed by atoms with Crippen LogP contribution in [0.5, 0.6) is 0 Å². The van der Waals surface area contributed by atoms with E-state index in [1.165, 1.54) is 36.7 Å². The van der Waals surface area contributed by atoms with Crippen LogP contribution in [0.15, 0.2) is 73.1 Å². The molecule has 0 saturated heterocycles. The Balaban J connectivity index is 1.74. The molecule has 2 amide bonds. The number of ether oxygens (including phenoxy) is 1. The molecule has 0 bridgehead atoms. The smallest absolute Gasteiger partial charge is 0.416 e. The molecule has 1 atom stereocenters. The van der Waals surface area contributed by atoms with Gasteiger partial charge in [-0.1, -0.05) is 41.9 Å². The van der Waals surface area contributed by atoms with E-state index < -0.39 is 42.2 Å². The van der Waals surface area contributed by atoms with E-state index in [1.807, 2.05) is 0 Å². The third kappa shape index (κ3) is 6.55. The molecule has 2 N–H and O–H groups in total. The number of carbonyl (C=O) groups excluding carboxylic acids is 3. The number of aromatic nitrogens is 1. The number of esters is 1. The Hall–Kier alpha value is -3.92. The SMILES string of the molecule is O=C(CNC(=O)c1ccncc1)OC(C(=O)Nc1cc(C(F)(F)F)ccc1Cl)c1ccccc1. The summed E-state index contributed by atoms with van der Waals surface area (Å²) in [5.41, 5.74) is -0.792. The fourth-order valence-corrected chi connectivity index (χ4v) is 2.99. The second kappa shape index (κ2) is 10.8. The molecule has 7 nitrogen and oxygen atoms in total. The number of benzene rings is 2. The standard InChI is InChI=1S/C23H17ClF3N3O4/c24-17-7-6-16(23(25,26)27)12-18(17)30-22(33)20(14-4-2-1-3-5-14)34-19(31)13-29-21(32)15-8-10-28-11-9-15/h1-12,20H,13H2,(H,29,32)(H,30,33). The van der Waals surface area contributed by atoms with Crippen LogP contribution in [0.2, 0.25) is 5.02 Å². The molecule has 11 heteroatoms. The van der Waals surface area contributed by atoms with E-state index in [2.05, 4.69) is 15.6 Å². The zero-order chi connectivity index (χ0) is 24.7. The Morgan fingerprint density at radius 1 is 1.00 bits per heavy atom.